The van der Waals surface area contributed by atoms with Crippen LogP contribution in [0.1, 0.15) is 27.7 Å². The fourth-order valence-corrected chi connectivity index (χ4v) is 3.48. The lowest BCUT2D eigenvalue weighted by Gasteiger charge is -2.37. The SMILES string of the molecule is C=C(C)C(=O)OCC(O)CO[C@H]1CO[C@]2(C)[C@H](OCC(O)COC(=O)C(=C)C)CO[C@]12C. The number of aliphatic hydroxyl groups is 2. The van der Waals surface area contributed by atoms with Crippen molar-refractivity contribution in [2.24, 2.45) is 0 Å². The fourth-order valence-electron chi connectivity index (χ4n) is 3.48. The van der Waals surface area contributed by atoms with E-state index < -0.39 is 47.6 Å². The average molecular weight is 459 g/mol. The summed E-state index contributed by atoms with van der Waals surface area (Å²) >= 11 is 0. The molecule has 0 saturated carbocycles. The van der Waals surface area contributed by atoms with E-state index in [1.165, 1.54) is 13.8 Å². The van der Waals surface area contributed by atoms with Gasteiger partial charge < -0.3 is 38.6 Å². The highest BCUT2D eigenvalue weighted by Gasteiger charge is 2.66. The Labute approximate surface area is 188 Å². The number of fused-ring (bicyclic) bond motifs is 1. The second-order valence-electron chi connectivity index (χ2n) is 8.55. The number of rotatable bonds is 12. The third-order valence-electron chi connectivity index (χ3n) is 5.77. The van der Waals surface area contributed by atoms with Crippen LogP contribution in [-0.4, -0.2) is 97.4 Å². The summed E-state index contributed by atoms with van der Waals surface area (Å²) in [5.74, 6) is -1.16. The van der Waals surface area contributed by atoms with E-state index >= 15 is 0 Å². The van der Waals surface area contributed by atoms with Crippen molar-refractivity contribution in [1.29, 1.82) is 0 Å². The van der Waals surface area contributed by atoms with Gasteiger partial charge in [0.25, 0.3) is 0 Å². The summed E-state index contributed by atoms with van der Waals surface area (Å²) < 4.78 is 33.4. The van der Waals surface area contributed by atoms with E-state index in [0.717, 1.165) is 0 Å². The molecule has 0 aromatic heterocycles. The Balaban J connectivity index is 1.83. The summed E-state index contributed by atoms with van der Waals surface area (Å²) in [6.07, 6.45) is -3.01. The van der Waals surface area contributed by atoms with Crippen molar-refractivity contribution >= 4 is 11.9 Å². The lowest BCUT2D eigenvalue weighted by atomic mass is 9.82. The third kappa shape index (κ3) is 5.94. The molecule has 2 rings (SSSR count). The number of hydrogen-bond donors (Lipinski definition) is 2. The van der Waals surface area contributed by atoms with Gasteiger partial charge in [0.2, 0.25) is 0 Å². The standard InChI is InChI=1S/C22H34O10/c1-13(2)19(25)29-9-15(23)7-27-17-11-31-22(6)18(12-32-21(17,22)5)28-8-16(24)10-30-20(26)14(3)4/h15-18,23-24H,1,3,7-12H2,2,4-6H3/t15?,16?,17-,18+,21-,22-/m1/s1. The smallest absolute Gasteiger partial charge is 0.333 e. The molecular formula is C22H34O10. The zero-order valence-electron chi connectivity index (χ0n) is 19.1. The highest BCUT2D eigenvalue weighted by molar-refractivity contribution is 5.87. The van der Waals surface area contributed by atoms with Crippen LogP contribution in [0.2, 0.25) is 0 Å². The molecule has 2 fully saturated rings. The molecule has 0 aliphatic carbocycles. The van der Waals surface area contributed by atoms with Crippen LogP contribution in [0.4, 0.5) is 0 Å². The number of ether oxygens (including phenoxy) is 6. The van der Waals surface area contributed by atoms with Gasteiger partial charge in [-0.2, -0.15) is 0 Å². The lowest BCUT2D eigenvalue weighted by Crippen LogP contribution is -2.55. The van der Waals surface area contributed by atoms with Crippen molar-refractivity contribution in [2.45, 2.75) is 63.3 Å². The van der Waals surface area contributed by atoms with Gasteiger partial charge in [0.1, 0.15) is 48.8 Å². The maximum atomic E-state index is 11.4. The molecule has 2 aliphatic heterocycles. The Hall–Kier alpha value is -1.82. The molecule has 2 N–H and O–H groups in total. The van der Waals surface area contributed by atoms with Crippen molar-refractivity contribution < 1.29 is 48.2 Å². The molecule has 2 unspecified atom stereocenters. The van der Waals surface area contributed by atoms with Gasteiger partial charge in [0, 0.05) is 11.1 Å². The van der Waals surface area contributed by atoms with Crippen LogP contribution in [0.3, 0.4) is 0 Å². The first-order chi connectivity index (χ1) is 14.9. The maximum Gasteiger partial charge on any atom is 0.333 e. The van der Waals surface area contributed by atoms with Gasteiger partial charge >= 0.3 is 11.9 Å². The van der Waals surface area contributed by atoms with Crippen LogP contribution in [0.5, 0.6) is 0 Å². The molecular weight excluding hydrogens is 424 g/mol. The molecule has 2 aliphatic rings. The molecule has 10 heteroatoms. The van der Waals surface area contributed by atoms with E-state index in [-0.39, 0.29) is 50.8 Å². The first-order valence-corrected chi connectivity index (χ1v) is 10.4. The fraction of sp³-hybridized carbons (Fsp3) is 0.727. The minimum atomic E-state index is -1.01. The minimum absolute atomic E-state index is 0.0785. The topological polar surface area (TPSA) is 130 Å². The zero-order valence-corrected chi connectivity index (χ0v) is 19.1. The van der Waals surface area contributed by atoms with Gasteiger partial charge in [-0.1, -0.05) is 13.2 Å². The van der Waals surface area contributed by atoms with Gasteiger partial charge in [-0.25, -0.2) is 9.59 Å². The maximum absolute atomic E-state index is 11.4. The second-order valence-corrected chi connectivity index (χ2v) is 8.55. The third-order valence-corrected chi connectivity index (χ3v) is 5.77. The minimum Gasteiger partial charge on any atom is -0.460 e. The quantitative estimate of drug-likeness (QED) is 0.311. The average Bonchev–Trinajstić information content (AvgIpc) is 3.13. The van der Waals surface area contributed by atoms with Crippen LogP contribution in [-0.2, 0) is 38.0 Å². The first-order valence-electron chi connectivity index (χ1n) is 10.4. The monoisotopic (exact) mass is 458 g/mol. The van der Waals surface area contributed by atoms with E-state index in [1.54, 1.807) is 0 Å². The highest BCUT2D eigenvalue weighted by atomic mass is 16.7. The molecule has 0 bridgehead atoms. The van der Waals surface area contributed by atoms with Crippen molar-refractivity contribution in [3.63, 3.8) is 0 Å². The van der Waals surface area contributed by atoms with E-state index in [2.05, 4.69) is 13.2 Å². The molecule has 2 saturated heterocycles. The van der Waals surface area contributed by atoms with Crippen molar-refractivity contribution in [1.82, 2.24) is 0 Å². The molecule has 0 aromatic rings. The van der Waals surface area contributed by atoms with Gasteiger partial charge in [-0.15, -0.1) is 0 Å². The molecule has 6 atom stereocenters. The van der Waals surface area contributed by atoms with E-state index in [0.29, 0.717) is 0 Å². The van der Waals surface area contributed by atoms with Gasteiger partial charge in [0.05, 0.1) is 26.4 Å². The predicted octanol–water partition coefficient (Wildman–Crippen LogP) is 0.295. The van der Waals surface area contributed by atoms with Gasteiger partial charge in [-0.05, 0) is 27.7 Å². The summed E-state index contributed by atoms with van der Waals surface area (Å²) in [6, 6.07) is 0. The molecule has 0 radical (unpaired) electrons. The summed E-state index contributed by atoms with van der Waals surface area (Å²) in [6.45, 7) is 13.5. The highest BCUT2D eigenvalue weighted by Crippen LogP contribution is 2.48. The number of carbonyl (C=O) groups is 2. The molecule has 0 amide bonds. The van der Waals surface area contributed by atoms with E-state index in [4.69, 9.17) is 28.4 Å². The summed E-state index contributed by atoms with van der Waals surface area (Å²) in [4.78, 5) is 22.9. The Kier molecular flexibility index (Phi) is 8.98. The number of esters is 2. The number of carbonyl (C=O) groups excluding carboxylic acids is 2. The largest absolute Gasteiger partial charge is 0.460 e. The van der Waals surface area contributed by atoms with Crippen LogP contribution in [0.25, 0.3) is 0 Å². The van der Waals surface area contributed by atoms with Gasteiger partial charge in [-0.3, -0.25) is 0 Å². The molecule has 10 nitrogen and oxygen atoms in total. The number of aliphatic hydroxyl groups excluding tert-OH is 2. The summed E-state index contributed by atoms with van der Waals surface area (Å²) in [7, 11) is 0. The van der Waals surface area contributed by atoms with Crippen molar-refractivity contribution in [2.75, 3.05) is 39.6 Å². The Morgan fingerprint density at radius 2 is 1.19 bits per heavy atom. The molecule has 182 valence electrons. The van der Waals surface area contributed by atoms with Crippen LogP contribution < -0.4 is 0 Å². The Morgan fingerprint density at radius 3 is 1.50 bits per heavy atom. The molecule has 0 aromatic carbocycles. The van der Waals surface area contributed by atoms with E-state index in [1.807, 2.05) is 13.8 Å². The number of hydrogen-bond acceptors (Lipinski definition) is 10. The zero-order chi connectivity index (χ0) is 24.1. The van der Waals surface area contributed by atoms with Crippen molar-refractivity contribution in [3.8, 4) is 0 Å². The van der Waals surface area contributed by atoms with Gasteiger partial charge in [0.15, 0.2) is 0 Å². The van der Waals surface area contributed by atoms with Crippen LogP contribution in [0, 0.1) is 0 Å². The predicted molar refractivity (Wildman–Crippen MR) is 112 cm³/mol. The second kappa shape index (κ2) is 10.9. The first kappa shape index (κ1) is 26.4. The van der Waals surface area contributed by atoms with Crippen LogP contribution >= 0.6 is 0 Å². The summed E-state index contributed by atoms with van der Waals surface area (Å²) in [5, 5.41) is 20.1. The van der Waals surface area contributed by atoms with Crippen molar-refractivity contribution in [3.05, 3.63) is 24.3 Å². The lowest BCUT2D eigenvalue weighted by molar-refractivity contribution is -0.150. The molecule has 32 heavy (non-hydrogen) atoms. The Bertz CT molecular complexity index is 662. The normalized spacial score (nSPS) is 30.9. The molecule has 0 spiro atoms. The summed E-state index contributed by atoms with van der Waals surface area (Å²) in [5.41, 5.74) is -1.23. The van der Waals surface area contributed by atoms with E-state index in [9.17, 15) is 19.8 Å². The molecule has 2 heterocycles. The Morgan fingerprint density at radius 1 is 0.844 bits per heavy atom. The van der Waals surface area contributed by atoms with Crippen LogP contribution in [0.15, 0.2) is 24.3 Å².